The summed E-state index contributed by atoms with van der Waals surface area (Å²) in [7, 11) is -1.69. The number of benzene rings is 1. The fourth-order valence-corrected chi connectivity index (χ4v) is 3.67. The number of hydrogen-bond donors (Lipinski definition) is 1. The molecule has 0 radical (unpaired) electrons. The highest BCUT2D eigenvalue weighted by Gasteiger charge is 2.21. The summed E-state index contributed by atoms with van der Waals surface area (Å²) < 4.78 is 27.2. The second-order valence-electron chi connectivity index (χ2n) is 5.98. The quantitative estimate of drug-likeness (QED) is 0.888. The molecule has 1 saturated heterocycles. The van der Waals surface area contributed by atoms with Crippen molar-refractivity contribution in [1.82, 2.24) is 14.8 Å². The molecule has 1 aliphatic rings. The van der Waals surface area contributed by atoms with Crippen LogP contribution in [0.25, 0.3) is 0 Å². The molecule has 3 rings (SSSR count). The highest BCUT2D eigenvalue weighted by molar-refractivity contribution is 7.92. The molecule has 7 nitrogen and oxygen atoms in total. The number of nitrogens with one attached hydrogen (secondary N) is 1. The molecule has 0 atom stereocenters. The van der Waals surface area contributed by atoms with E-state index in [0.29, 0.717) is 18.7 Å². The number of aromatic nitrogens is 1. The molecule has 1 aromatic carbocycles. The van der Waals surface area contributed by atoms with Crippen LogP contribution in [0.2, 0.25) is 0 Å². The summed E-state index contributed by atoms with van der Waals surface area (Å²) in [6, 6.07) is 9.59. The van der Waals surface area contributed by atoms with E-state index in [9.17, 15) is 13.2 Å². The Kier molecular flexibility index (Phi) is 5.00. The van der Waals surface area contributed by atoms with E-state index < -0.39 is 10.0 Å². The van der Waals surface area contributed by atoms with Gasteiger partial charge >= 0.3 is 0 Å². The summed E-state index contributed by atoms with van der Waals surface area (Å²) in [6.07, 6.45) is 2.85. The molecule has 25 heavy (non-hydrogen) atoms. The first-order valence-electron chi connectivity index (χ1n) is 7.96. The van der Waals surface area contributed by atoms with Gasteiger partial charge in [-0.15, -0.1) is 0 Å². The van der Waals surface area contributed by atoms with E-state index in [1.54, 1.807) is 23.1 Å². The van der Waals surface area contributed by atoms with Crippen molar-refractivity contribution in [2.45, 2.75) is 4.90 Å². The molecule has 0 spiro atoms. The molecule has 1 aliphatic heterocycles. The molecule has 0 bridgehead atoms. The van der Waals surface area contributed by atoms with E-state index in [4.69, 9.17) is 0 Å². The van der Waals surface area contributed by atoms with Crippen LogP contribution in [0, 0.1) is 0 Å². The Balaban J connectivity index is 1.77. The van der Waals surface area contributed by atoms with Gasteiger partial charge in [-0.05, 0) is 25.2 Å². The second-order valence-corrected chi connectivity index (χ2v) is 7.66. The van der Waals surface area contributed by atoms with E-state index in [1.165, 1.54) is 30.6 Å². The van der Waals surface area contributed by atoms with Crippen molar-refractivity contribution in [3.05, 3.63) is 54.4 Å². The number of sulfonamides is 1. The van der Waals surface area contributed by atoms with Gasteiger partial charge in [-0.1, -0.05) is 18.2 Å². The summed E-state index contributed by atoms with van der Waals surface area (Å²) in [5, 5.41) is 0. The zero-order chi connectivity index (χ0) is 17.9. The molecule has 0 aliphatic carbocycles. The highest BCUT2D eigenvalue weighted by atomic mass is 32.2. The van der Waals surface area contributed by atoms with Crippen molar-refractivity contribution in [3.8, 4) is 0 Å². The summed E-state index contributed by atoms with van der Waals surface area (Å²) in [6.45, 7) is 2.93. The Morgan fingerprint density at radius 2 is 1.76 bits per heavy atom. The SMILES string of the molecule is CN1CCN(C(=O)c2cncc(NS(=O)(=O)c3ccccc3)c2)CC1. The molecular weight excluding hydrogens is 340 g/mol. The van der Waals surface area contributed by atoms with Gasteiger partial charge in [0.05, 0.1) is 22.3 Å². The predicted octanol–water partition coefficient (Wildman–Crippen LogP) is 1.27. The van der Waals surface area contributed by atoms with Crippen LogP contribution in [-0.2, 0) is 10.0 Å². The summed E-state index contributed by atoms with van der Waals surface area (Å²) in [5.74, 6) is -0.138. The van der Waals surface area contributed by atoms with Gasteiger partial charge in [0.25, 0.3) is 15.9 Å². The fourth-order valence-electron chi connectivity index (χ4n) is 2.62. The van der Waals surface area contributed by atoms with Crippen LogP contribution in [0.1, 0.15) is 10.4 Å². The lowest BCUT2D eigenvalue weighted by molar-refractivity contribution is 0.0663. The van der Waals surface area contributed by atoms with Gasteiger partial charge in [0.2, 0.25) is 0 Å². The standard InChI is InChI=1S/C17H20N4O3S/c1-20-7-9-21(10-8-20)17(22)14-11-15(13-18-12-14)19-25(23,24)16-5-3-2-4-6-16/h2-6,11-13,19H,7-10H2,1H3. The third-order valence-electron chi connectivity index (χ3n) is 4.08. The minimum Gasteiger partial charge on any atom is -0.336 e. The number of carbonyl (C=O) groups is 1. The Hall–Kier alpha value is -2.45. The van der Waals surface area contributed by atoms with Crippen molar-refractivity contribution < 1.29 is 13.2 Å². The molecule has 2 aromatic rings. The van der Waals surface area contributed by atoms with E-state index in [1.807, 2.05) is 7.05 Å². The third-order valence-corrected chi connectivity index (χ3v) is 5.48. The maximum absolute atomic E-state index is 12.6. The number of pyridine rings is 1. The maximum atomic E-state index is 12.6. The lowest BCUT2D eigenvalue weighted by Crippen LogP contribution is -2.47. The number of amides is 1. The van der Waals surface area contributed by atoms with Gasteiger partial charge in [0.1, 0.15) is 0 Å². The third kappa shape index (κ3) is 4.15. The van der Waals surface area contributed by atoms with Gasteiger partial charge in [-0.3, -0.25) is 14.5 Å². The lowest BCUT2D eigenvalue weighted by Gasteiger charge is -2.32. The predicted molar refractivity (Wildman–Crippen MR) is 94.9 cm³/mol. The van der Waals surface area contributed by atoms with Gasteiger partial charge in [-0.2, -0.15) is 0 Å². The average Bonchev–Trinajstić information content (AvgIpc) is 2.62. The van der Waals surface area contributed by atoms with Crippen LogP contribution in [-0.4, -0.2) is 62.3 Å². The number of piperazine rings is 1. The first-order chi connectivity index (χ1) is 12.0. The molecule has 1 N–H and O–H groups in total. The van der Waals surface area contributed by atoms with E-state index in [2.05, 4.69) is 14.6 Å². The van der Waals surface area contributed by atoms with Crippen LogP contribution >= 0.6 is 0 Å². The van der Waals surface area contributed by atoms with Crippen LogP contribution in [0.15, 0.2) is 53.7 Å². The summed E-state index contributed by atoms with van der Waals surface area (Å²) >= 11 is 0. The first kappa shape index (κ1) is 17.4. The molecule has 1 fully saturated rings. The van der Waals surface area contributed by atoms with Crippen LogP contribution in [0.5, 0.6) is 0 Å². The van der Waals surface area contributed by atoms with Crippen LogP contribution in [0.4, 0.5) is 5.69 Å². The zero-order valence-electron chi connectivity index (χ0n) is 13.9. The van der Waals surface area contributed by atoms with Crippen molar-refractivity contribution in [2.75, 3.05) is 37.9 Å². The Labute approximate surface area is 147 Å². The number of nitrogens with zero attached hydrogens (tertiary/aromatic N) is 3. The molecule has 0 saturated carbocycles. The van der Waals surface area contributed by atoms with Crippen molar-refractivity contribution in [2.24, 2.45) is 0 Å². The second kappa shape index (κ2) is 7.20. The van der Waals surface area contributed by atoms with E-state index in [-0.39, 0.29) is 16.5 Å². The number of carbonyl (C=O) groups excluding carboxylic acids is 1. The van der Waals surface area contributed by atoms with Gasteiger partial charge in [0, 0.05) is 32.4 Å². The first-order valence-corrected chi connectivity index (χ1v) is 9.45. The maximum Gasteiger partial charge on any atom is 0.261 e. The van der Waals surface area contributed by atoms with Crippen molar-refractivity contribution in [1.29, 1.82) is 0 Å². The van der Waals surface area contributed by atoms with Gasteiger partial charge in [0.15, 0.2) is 0 Å². The largest absolute Gasteiger partial charge is 0.336 e. The number of anilines is 1. The van der Waals surface area contributed by atoms with E-state index in [0.717, 1.165) is 13.1 Å². The van der Waals surface area contributed by atoms with Gasteiger partial charge in [-0.25, -0.2) is 8.42 Å². The Morgan fingerprint density at radius 3 is 2.44 bits per heavy atom. The molecule has 0 unspecified atom stereocenters. The lowest BCUT2D eigenvalue weighted by atomic mass is 10.2. The molecule has 1 amide bonds. The summed E-state index contributed by atoms with van der Waals surface area (Å²) in [4.78, 5) is 20.7. The van der Waals surface area contributed by atoms with Crippen molar-refractivity contribution >= 4 is 21.6 Å². The molecule has 8 heteroatoms. The number of hydrogen-bond acceptors (Lipinski definition) is 5. The normalized spacial score (nSPS) is 15.8. The molecular formula is C17H20N4O3S. The fraction of sp³-hybridized carbons (Fsp3) is 0.294. The Morgan fingerprint density at radius 1 is 1.08 bits per heavy atom. The van der Waals surface area contributed by atoms with E-state index >= 15 is 0 Å². The monoisotopic (exact) mass is 360 g/mol. The molecule has 132 valence electrons. The average molecular weight is 360 g/mol. The Bertz CT molecular complexity index is 847. The zero-order valence-corrected chi connectivity index (χ0v) is 14.7. The summed E-state index contributed by atoms with van der Waals surface area (Å²) in [5.41, 5.74) is 0.640. The number of likely N-dealkylation sites (N-methyl/N-ethyl adjacent to an activating group) is 1. The van der Waals surface area contributed by atoms with Gasteiger partial charge < -0.3 is 9.80 Å². The van der Waals surface area contributed by atoms with Crippen LogP contribution in [0.3, 0.4) is 0 Å². The minimum atomic E-state index is -3.71. The number of rotatable bonds is 4. The van der Waals surface area contributed by atoms with Crippen molar-refractivity contribution in [3.63, 3.8) is 0 Å². The smallest absolute Gasteiger partial charge is 0.261 e. The minimum absolute atomic E-state index is 0.138. The molecule has 2 heterocycles. The molecule has 1 aromatic heterocycles. The highest BCUT2D eigenvalue weighted by Crippen LogP contribution is 2.17. The topological polar surface area (TPSA) is 82.6 Å². The van der Waals surface area contributed by atoms with Crippen LogP contribution < -0.4 is 4.72 Å².